The van der Waals surface area contributed by atoms with Gasteiger partial charge in [-0.1, -0.05) is 11.6 Å². The fraction of sp³-hybridized carbons (Fsp3) is 0.385. The number of Topliss-reactive ketones (excluding diaryl/α,β-unsaturated/α-hetero) is 1. The first kappa shape index (κ1) is 13.5. The van der Waals surface area contributed by atoms with E-state index in [-0.39, 0.29) is 11.7 Å². The van der Waals surface area contributed by atoms with Crippen LogP contribution in [0, 0.1) is 17.2 Å². The van der Waals surface area contributed by atoms with E-state index in [1.54, 1.807) is 12.1 Å². The second-order valence-electron chi connectivity index (χ2n) is 4.13. The van der Waals surface area contributed by atoms with Gasteiger partial charge in [0.1, 0.15) is 0 Å². The SMILES string of the molecule is CC(=O)c1ccc(N(C)CC(C)C#N)c(Cl)c1. The molecule has 0 saturated carbocycles. The summed E-state index contributed by atoms with van der Waals surface area (Å²) in [5.41, 5.74) is 1.43. The molecule has 0 bridgehead atoms. The summed E-state index contributed by atoms with van der Waals surface area (Å²) in [6.07, 6.45) is 0. The van der Waals surface area contributed by atoms with Crippen molar-refractivity contribution in [3.05, 3.63) is 28.8 Å². The molecular formula is C13H15ClN2O. The average Bonchev–Trinajstić information content (AvgIpc) is 2.28. The number of ketones is 1. The third kappa shape index (κ3) is 3.47. The first-order valence-electron chi connectivity index (χ1n) is 5.37. The van der Waals surface area contributed by atoms with Crippen LogP contribution in [0.1, 0.15) is 24.2 Å². The highest BCUT2D eigenvalue weighted by atomic mass is 35.5. The molecular weight excluding hydrogens is 236 g/mol. The summed E-state index contributed by atoms with van der Waals surface area (Å²) in [6.45, 7) is 3.97. The predicted molar refractivity (Wildman–Crippen MR) is 69.5 cm³/mol. The van der Waals surface area contributed by atoms with E-state index in [0.717, 1.165) is 5.69 Å². The van der Waals surface area contributed by atoms with Crippen LogP contribution < -0.4 is 4.90 Å². The summed E-state index contributed by atoms with van der Waals surface area (Å²) in [7, 11) is 1.88. The van der Waals surface area contributed by atoms with Gasteiger partial charge in [0.05, 0.1) is 22.7 Å². The van der Waals surface area contributed by atoms with Gasteiger partial charge in [-0.2, -0.15) is 5.26 Å². The summed E-state index contributed by atoms with van der Waals surface area (Å²) < 4.78 is 0. The molecule has 1 aromatic rings. The summed E-state index contributed by atoms with van der Waals surface area (Å²) in [5.74, 6) is -0.0740. The highest BCUT2D eigenvalue weighted by Gasteiger charge is 2.11. The van der Waals surface area contributed by atoms with Crippen molar-refractivity contribution in [2.24, 2.45) is 5.92 Å². The third-order valence-electron chi connectivity index (χ3n) is 2.53. The number of hydrogen-bond donors (Lipinski definition) is 0. The van der Waals surface area contributed by atoms with E-state index in [1.807, 2.05) is 24.9 Å². The predicted octanol–water partition coefficient (Wildman–Crippen LogP) is 3.14. The topological polar surface area (TPSA) is 44.1 Å². The molecule has 0 N–H and O–H groups in total. The van der Waals surface area contributed by atoms with Crippen LogP contribution in [0.25, 0.3) is 0 Å². The second-order valence-corrected chi connectivity index (χ2v) is 4.54. The molecule has 3 nitrogen and oxygen atoms in total. The Labute approximate surface area is 107 Å². The van der Waals surface area contributed by atoms with Crippen molar-refractivity contribution in [2.75, 3.05) is 18.5 Å². The zero-order valence-electron chi connectivity index (χ0n) is 10.2. The standard InChI is InChI=1S/C13H15ClN2O/c1-9(7-15)8-16(3)13-5-4-11(10(2)17)6-12(13)14/h4-6,9H,8H2,1-3H3. The van der Waals surface area contributed by atoms with Gasteiger partial charge in [-0.3, -0.25) is 4.79 Å². The molecule has 1 unspecified atom stereocenters. The lowest BCUT2D eigenvalue weighted by Gasteiger charge is -2.21. The monoisotopic (exact) mass is 250 g/mol. The Morgan fingerprint density at radius 3 is 2.71 bits per heavy atom. The van der Waals surface area contributed by atoms with Gasteiger partial charge < -0.3 is 4.90 Å². The zero-order valence-corrected chi connectivity index (χ0v) is 11.0. The van der Waals surface area contributed by atoms with E-state index in [1.165, 1.54) is 6.92 Å². The molecule has 4 heteroatoms. The number of anilines is 1. The van der Waals surface area contributed by atoms with Crippen molar-refractivity contribution in [2.45, 2.75) is 13.8 Å². The maximum atomic E-state index is 11.2. The van der Waals surface area contributed by atoms with Gasteiger partial charge >= 0.3 is 0 Å². The Morgan fingerprint density at radius 2 is 2.24 bits per heavy atom. The van der Waals surface area contributed by atoms with Crippen molar-refractivity contribution in [3.8, 4) is 6.07 Å². The van der Waals surface area contributed by atoms with Crippen LogP contribution in [0.2, 0.25) is 5.02 Å². The molecule has 1 rings (SSSR count). The minimum Gasteiger partial charge on any atom is -0.372 e. The number of rotatable bonds is 4. The van der Waals surface area contributed by atoms with E-state index >= 15 is 0 Å². The first-order chi connectivity index (χ1) is 7.95. The molecule has 90 valence electrons. The van der Waals surface area contributed by atoms with Gasteiger partial charge in [0.25, 0.3) is 0 Å². The number of carbonyl (C=O) groups excluding carboxylic acids is 1. The Bertz CT molecular complexity index is 465. The molecule has 0 aliphatic carbocycles. The Morgan fingerprint density at radius 1 is 1.59 bits per heavy atom. The summed E-state index contributed by atoms with van der Waals surface area (Å²) >= 11 is 6.12. The highest BCUT2D eigenvalue weighted by Crippen LogP contribution is 2.26. The van der Waals surface area contributed by atoms with Gasteiger partial charge in [-0.15, -0.1) is 0 Å². The summed E-state index contributed by atoms with van der Waals surface area (Å²) in [4.78, 5) is 13.1. The fourth-order valence-corrected chi connectivity index (χ4v) is 1.91. The highest BCUT2D eigenvalue weighted by molar-refractivity contribution is 6.33. The summed E-state index contributed by atoms with van der Waals surface area (Å²) in [6, 6.07) is 7.39. The minimum atomic E-state index is -0.0662. The number of benzene rings is 1. The largest absolute Gasteiger partial charge is 0.372 e. The molecule has 1 aromatic carbocycles. The van der Waals surface area contributed by atoms with Crippen LogP contribution in [-0.4, -0.2) is 19.4 Å². The van der Waals surface area contributed by atoms with Crippen LogP contribution >= 0.6 is 11.6 Å². The molecule has 1 atom stereocenters. The molecule has 0 radical (unpaired) electrons. The van der Waals surface area contributed by atoms with E-state index in [0.29, 0.717) is 17.1 Å². The van der Waals surface area contributed by atoms with Crippen molar-refractivity contribution in [1.29, 1.82) is 5.26 Å². The van der Waals surface area contributed by atoms with E-state index in [2.05, 4.69) is 6.07 Å². The van der Waals surface area contributed by atoms with E-state index in [4.69, 9.17) is 16.9 Å². The number of nitriles is 1. The Kier molecular flexibility index (Phi) is 4.53. The Hall–Kier alpha value is -1.53. The first-order valence-corrected chi connectivity index (χ1v) is 5.74. The zero-order chi connectivity index (χ0) is 13.0. The van der Waals surface area contributed by atoms with Crippen LogP contribution in [0.4, 0.5) is 5.69 Å². The number of carbonyl (C=O) groups is 1. The quantitative estimate of drug-likeness (QED) is 0.771. The lowest BCUT2D eigenvalue weighted by Crippen LogP contribution is -2.23. The number of halogens is 1. The second kappa shape index (κ2) is 5.70. The molecule has 0 saturated heterocycles. The molecule has 0 spiro atoms. The van der Waals surface area contributed by atoms with Crippen LogP contribution in [0.5, 0.6) is 0 Å². The van der Waals surface area contributed by atoms with E-state index < -0.39 is 0 Å². The lowest BCUT2D eigenvalue weighted by molar-refractivity contribution is 0.101. The number of nitrogens with zero attached hydrogens (tertiary/aromatic N) is 2. The third-order valence-corrected chi connectivity index (χ3v) is 2.84. The van der Waals surface area contributed by atoms with Crippen molar-refractivity contribution < 1.29 is 4.79 Å². The van der Waals surface area contributed by atoms with Gasteiger partial charge in [0.2, 0.25) is 0 Å². The van der Waals surface area contributed by atoms with Crippen molar-refractivity contribution in [3.63, 3.8) is 0 Å². The van der Waals surface area contributed by atoms with Crippen molar-refractivity contribution in [1.82, 2.24) is 0 Å². The van der Waals surface area contributed by atoms with Gasteiger partial charge in [0.15, 0.2) is 5.78 Å². The molecule has 17 heavy (non-hydrogen) atoms. The summed E-state index contributed by atoms with van der Waals surface area (Å²) in [5, 5.41) is 9.30. The molecule has 0 aliphatic heterocycles. The minimum absolute atomic E-state index is 0.00787. The molecule has 0 amide bonds. The maximum absolute atomic E-state index is 11.2. The Balaban J connectivity index is 2.93. The van der Waals surface area contributed by atoms with Crippen molar-refractivity contribution >= 4 is 23.1 Å². The van der Waals surface area contributed by atoms with E-state index in [9.17, 15) is 4.79 Å². The maximum Gasteiger partial charge on any atom is 0.159 e. The van der Waals surface area contributed by atoms with Crippen LogP contribution in [0.15, 0.2) is 18.2 Å². The fourth-order valence-electron chi connectivity index (χ4n) is 1.59. The van der Waals surface area contributed by atoms with Crippen LogP contribution in [0.3, 0.4) is 0 Å². The average molecular weight is 251 g/mol. The van der Waals surface area contributed by atoms with Gasteiger partial charge in [0, 0.05) is 19.2 Å². The molecule has 0 heterocycles. The van der Waals surface area contributed by atoms with Gasteiger partial charge in [-0.25, -0.2) is 0 Å². The molecule has 0 fully saturated rings. The molecule has 0 aliphatic rings. The normalized spacial score (nSPS) is 11.7. The smallest absolute Gasteiger partial charge is 0.159 e. The van der Waals surface area contributed by atoms with Gasteiger partial charge in [-0.05, 0) is 32.0 Å². The van der Waals surface area contributed by atoms with Crippen LogP contribution in [-0.2, 0) is 0 Å². The lowest BCUT2D eigenvalue weighted by atomic mass is 10.1. The molecule has 0 aromatic heterocycles. The number of hydrogen-bond acceptors (Lipinski definition) is 3.